The smallest absolute Gasteiger partial charge is 0.394 e. The fourth-order valence-corrected chi connectivity index (χ4v) is 9.30. The van der Waals surface area contributed by atoms with Crippen molar-refractivity contribution in [1.82, 2.24) is 30.2 Å². The van der Waals surface area contributed by atoms with Crippen LogP contribution in [0.15, 0.2) is 42.5 Å². The van der Waals surface area contributed by atoms with Crippen LogP contribution in [0.5, 0.6) is 11.5 Å². The molecule has 0 aromatic heterocycles. The van der Waals surface area contributed by atoms with Crippen LogP contribution in [0.1, 0.15) is 66.0 Å². The Labute approximate surface area is 441 Å². The topological polar surface area (TPSA) is 360 Å². The van der Waals surface area contributed by atoms with Gasteiger partial charge in [-0.1, -0.05) is 24.6 Å². The van der Waals surface area contributed by atoms with Crippen molar-refractivity contribution < 1.29 is 83.1 Å². The van der Waals surface area contributed by atoms with E-state index in [1.807, 2.05) is 48.0 Å². The summed E-state index contributed by atoms with van der Waals surface area (Å²) in [5.74, 6) is -7.01. The molecule has 1 aliphatic heterocycles. The number of nitro benzene ring substituents is 1. The van der Waals surface area contributed by atoms with Gasteiger partial charge in [0, 0.05) is 76.6 Å². The number of hydrogen-bond acceptors (Lipinski definition) is 17. The zero-order valence-corrected chi connectivity index (χ0v) is 44.4. The summed E-state index contributed by atoms with van der Waals surface area (Å²) in [4.78, 5) is 108. The van der Waals surface area contributed by atoms with Crippen LogP contribution in [0.4, 0.5) is 5.69 Å². The van der Waals surface area contributed by atoms with E-state index in [-0.39, 0.29) is 70.0 Å². The number of carboxylic acid groups (broad SMARTS) is 5. The minimum atomic E-state index is -2.34. The van der Waals surface area contributed by atoms with Crippen molar-refractivity contribution in [1.29, 1.82) is 0 Å². The van der Waals surface area contributed by atoms with Crippen molar-refractivity contribution in [2.45, 2.75) is 91.9 Å². The van der Waals surface area contributed by atoms with Crippen LogP contribution in [0, 0.1) is 44.7 Å². The summed E-state index contributed by atoms with van der Waals surface area (Å²) in [6.07, 6.45) is -0.876. The third-order valence-corrected chi connectivity index (χ3v) is 13.3. The van der Waals surface area contributed by atoms with E-state index < -0.39 is 80.2 Å². The Hall–Kier alpha value is -6.86. The third kappa shape index (κ3) is 21.0. The van der Waals surface area contributed by atoms with Crippen LogP contribution >= 0.6 is 8.60 Å². The highest BCUT2D eigenvalue weighted by Gasteiger charge is 2.29. The number of nitrogens with one attached hydrogen (secondary N) is 2. The number of nitrogens with zero attached hydrogens (tertiary/aromatic N) is 5. The maximum Gasteiger partial charge on any atom is 0.394 e. The number of nitro groups is 1. The maximum atomic E-state index is 13.2. The van der Waals surface area contributed by atoms with Gasteiger partial charge in [0.1, 0.15) is 29.6 Å². The van der Waals surface area contributed by atoms with Crippen molar-refractivity contribution in [3.05, 3.63) is 86.0 Å². The quantitative estimate of drug-likeness (QED) is 0.0193. The first-order chi connectivity index (χ1) is 35.8. The molecule has 1 fully saturated rings. The van der Waals surface area contributed by atoms with Gasteiger partial charge in [-0.2, -0.15) is 0 Å². The zero-order valence-electron chi connectivity index (χ0n) is 43.5. The number of carbonyl (C=O) groups is 7. The normalized spacial score (nSPS) is 15.7. The van der Waals surface area contributed by atoms with E-state index >= 15 is 0 Å². The molecule has 3 aromatic carbocycles. The highest BCUT2D eigenvalue weighted by Crippen LogP contribution is 2.40. The van der Waals surface area contributed by atoms with E-state index in [0.29, 0.717) is 50.6 Å². The van der Waals surface area contributed by atoms with E-state index in [9.17, 15) is 69.0 Å². The highest BCUT2D eigenvalue weighted by molar-refractivity contribution is 7.41. The number of rotatable bonds is 25. The summed E-state index contributed by atoms with van der Waals surface area (Å²) in [5, 5.41) is 71.9. The Balaban J connectivity index is 0.00000124. The summed E-state index contributed by atoms with van der Waals surface area (Å²) in [6.45, 7) is 15.1. The third-order valence-electron chi connectivity index (χ3n) is 12.5. The molecule has 4 unspecified atom stereocenters. The number of phenols is 1. The van der Waals surface area contributed by atoms with Crippen molar-refractivity contribution in [3.63, 3.8) is 0 Å². The molecule has 0 radical (unpaired) electrons. The number of carbonyl (C=O) groups excluding carboxylic acids is 2. The van der Waals surface area contributed by atoms with E-state index in [2.05, 4.69) is 43.1 Å². The minimum Gasteiger partial charge on any atom is -0.508 e. The second kappa shape index (κ2) is 31.3. The Bertz CT molecular complexity index is 2490. The van der Waals surface area contributed by atoms with Crippen LogP contribution in [0.2, 0.25) is 0 Å². The van der Waals surface area contributed by atoms with E-state index in [4.69, 9.17) is 19.3 Å². The molecule has 4 rings (SSSR count). The van der Waals surface area contributed by atoms with E-state index in [1.165, 1.54) is 34.9 Å². The first-order valence-electron chi connectivity index (χ1n) is 24.3. The van der Waals surface area contributed by atoms with Gasteiger partial charge in [-0.3, -0.25) is 48.8 Å². The average Bonchev–Trinajstić information content (AvgIpc) is 3.32. The largest absolute Gasteiger partial charge is 0.508 e. The molecule has 0 spiro atoms. The number of aliphatic carboxylic acids is 5. The first kappa shape index (κ1) is 63.4. The van der Waals surface area contributed by atoms with E-state index in [1.54, 1.807) is 4.90 Å². The zero-order chi connectivity index (χ0) is 56.8. The molecule has 9 N–H and O–H groups in total. The lowest BCUT2D eigenvalue weighted by Gasteiger charge is -2.36. The molecular formula is C50H70N7O18P. The van der Waals surface area contributed by atoms with Gasteiger partial charge in [0.15, 0.2) is 0 Å². The van der Waals surface area contributed by atoms with Crippen LogP contribution in [0.3, 0.4) is 0 Å². The van der Waals surface area contributed by atoms with Crippen LogP contribution < -0.4 is 15.2 Å². The van der Waals surface area contributed by atoms with Crippen LogP contribution in [0.25, 0.3) is 11.1 Å². The molecule has 3 aromatic rings. The number of carboxylic acids is 5. The number of hydrogen-bond donors (Lipinski definition) is 9. The monoisotopic (exact) mass is 1090 g/mol. The summed E-state index contributed by atoms with van der Waals surface area (Å²) in [5.41, 5.74) is 7.69. The maximum absolute atomic E-state index is 13.2. The van der Waals surface area contributed by atoms with Gasteiger partial charge in [-0.15, -0.1) is 0 Å². The Morgan fingerprint density at radius 3 is 1.87 bits per heavy atom. The van der Waals surface area contributed by atoms with Gasteiger partial charge in [0.2, 0.25) is 12.3 Å². The first-order valence-corrected chi connectivity index (χ1v) is 25.4. The molecule has 4 atom stereocenters. The van der Waals surface area contributed by atoms with Crippen molar-refractivity contribution in [3.8, 4) is 22.6 Å². The molecule has 25 nitrogen and oxygen atoms in total. The number of aryl methyl sites for hydroxylation is 5. The SMILES string of the molecule is CCN1CCN(Cc2cc([N+](=O)[O-])ccc2O)CCN(CC(=O)NC(CC(=O)O)C(=O)O)CCN(C(CCCOP(O)Oc2cc(C)c(-c3c(C)cc(C)cc3C)cc2C)C(=O)O)CC1.O=CNC(CC(=O)O)C(=O)O. The summed E-state index contributed by atoms with van der Waals surface area (Å²) in [6, 6.07) is 8.00. The molecular weight excluding hydrogens is 1020 g/mol. The second-order valence-corrected chi connectivity index (χ2v) is 19.2. The second-order valence-electron chi connectivity index (χ2n) is 18.3. The van der Waals surface area contributed by atoms with E-state index in [0.717, 1.165) is 22.3 Å². The molecule has 0 aliphatic carbocycles. The number of likely N-dealkylation sites (N-methyl/N-ethyl adjacent to an activating group) is 1. The molecule has 1 heterocycles. The van der Waals surface area contributed by atoms with Gasteiger partial charge in [0.05, 0.1) is 30.9 Å². The number of amides is 2. The van der Waals surface area contributed by atoms with Gasteiger partial charge in [-0.25, -0.2) is 9.59 Å². The van der Waals surface area contributed by atoms with Gasteiger partial charge in [0.25, 0.3) is 5.69 Å². The van der Waals surface area contributed by atoms with Gasteiger partial charge in [-0.05, 0) is 106 Å². The predicted molar refractivity (Wildman–Crippen MR) is 277 cm³/mol. The molecule has 0 bridgehead atoms. The van der Waals surface area contributed by atoms with Crippen LogP contribution in [-0.4, -0.2) is 192 Å². The molecule has 76 heavy (non-hydrogen) atoms. The lowest BCUT2D eigenvalue weighted by atomic mass is 9.90. The van der Waals surface area contributed by atoms with Crippen molar-refractivity contribution in [2.24, 2.45) is 0 Å². The minimum absolute atomic E-state index is 0.0160. The fourth-order valence-electron chi connectivity index (χ4n) is 8.60. The molecule has 1 aliphatic rings. The summed E-state index contributed by atoms with van der Waals surface area (Å²) in [7, 11) is -2.34. The van der Waals surface area contributed by atoms with Gasteiger partial charge >= 0.3 is 38.4 Å². The summed E-state index contributed by atoms with van der Waals surface area (Å²) < 4.78 is 11.5. The number of phenolic OH excluding ortho intramolecular Hbond substituents is 1. The molecule has 26 heteroatoms. The number of aromatic hydroxyl groups is 1. The lowest BCUT2D eigenvalue weighted by molar-refractivity contribution is -0.385. The highest BCUT2D eigenvalue weighted by atomic mass is 31.2. The number of non-ortho nitro benzene ring substituents is 1. The molecule has 1 saturated heterocycles. The van der Waals surface area contributed by atoms with Crippen molar-refractivity contribution in [2.75, 3.05) is 72.1 Å². The Morgan fingerprint density at radius 1 is 0.750 bits per heavy atom. The lowest BCUT2D eigenvalue weighted by Crippen LogP contribution is -2.52. The standard InChI is InChI=1S/C45H63N6O13P.C5H7NO5/c1-7-47-12-13-48(27-34-25-35(51(60)61)10-11-39(34)52)14-15-49(28-41(53)46-37(44(56)57)26-42(54)55)17-19-50(18-16-47)38(45(58)59)9-8-20-63-65(62)64-40-24-30(3)36(23-31(40)4)43-32(5)21-29(2)22-33(43)6;7-2-6-3(5(10)11)1-4(8)9/h10-11,21-25,37-38,52,62H,7-9,12-20,26-28H2,1-6H3,(H,46,53)(H,54,55)(H,56,57)(H,58,59);2-3H,1H2,(H,6,7)(H,8,9)(H,10,11). The van der Waals surface area contributed by atoms with Crippen LogP contribution in [-0.2, 0) is 44.6 Å². The molecule has 0 saturated carbocycles. The van der Waals surface area contributed by atoms with Crippen molar-refractivity contribution >= 4 is 56.5 Å². The Kier molecular flexibility index (Phi) is 26.1. The number of benzene rings is 3. The predicted octanol–water partition coefficient (Wildman–Crippen LogP) is 3.50. The fraction of sp³-hybridized carbons (Fsp3) is 0.500. The molecule has 2 amide bonds. The van der Waals surface area contributed by atoms with Gasteiger partial charge < -0.3 is 60.1 Å². The molecule has 418 valence electrons. The Morgan fingerprint density at radius 2 is 1.32 bits per heavy atom. The average molecular weight is 1090 g/mol. The summed E-state index contributed by atoms with van der Waals surface area (Å²) >= 11 is 0.